The van der Waals surface area contributed by atoms with Crippen molar-refractivity contribution in [1.82, 2.24) is 9.80 Å². The highest BCUT2D eigenvalue weighted by Gasteiger charge is 2.31. The zero-order valence-electron chi connectivity index (χ0n) is 9.24. The van der Waals surface area contributed by atoms with Gasteiger partial charge in [-0.15, -0.1) is 0 Å². The smallest absolute Gasteiger partial charge is 0.0634 e. The quantitative estimate of drug-likeness (QED) is 0.608. The highest BCUT2D eigenvalue weighted by molar-refractivity contribution is 4.87. The number of hydrogen-bond donors (Lipinski definition) is 0. The third-order valence-corrected chi connectivity index (χ3v) is 3.34. The SMILES string of the molecule is CCCCOCC1CN2CCN1CC2. The summed E-state index contributed by atoms with van der Waals surface area (Å²) in [6.07, 6.45) is 2.44. The van der Waals surface area contributed by atoms with Gasteiger partial charge in [-0.25, -0.2) is 0 Å². The number of ether oxygens (including phenoxy) is 1. The number of hydrogen-bond acceptors (Lipinski definition) is 3. The fourth-order valence-corrected chi connectivity index (χ4v) is 2.35. The summed E-state index contributed by atoms with van der Waals surface area (Å²) < 4.78 is 5.70. The van der Waals surface area contributed by atoms with Crippen LogP contribution in [0.3, 0.4) is 0 Å². The van der Waals surface area contributed by atoms with Gasteiger partial charge >= 0.3 is 0 Å². The van der Waals surface area contributed by atoms with Crippen molar-refractivity contribution in [2.75, 3.05) is 45.9 Å². The summed E-state index contributed by atoms with van der Waals surface area (Å²) >= 11 is 0. The first-order valence-electron chi connectivity index (χ1n) is 5.94. The zero-order chi connectivity index (χ0) is 9.80. The molecule has 3 nitrogen and oxygen atoms in total. The van der Waals surface area contributed by atoms with E-state index < -0.39 is 0 Å². The first-order valence-corrected chi connectivity index (χ1v) is 5.94. The van der Waals surface area contributed by atoms with Crippen LogP contribution in [-0.2, 0) is 4.74 Å². The molecule has 1 atom stereocenters. The zero-order valence-corrected chi connectivity index (χ0v) is 9.24. The number of nitrogens with zero attached hydrogens (tertiary/aromatic N) is 2. The van der Waals surface area contributed by atoms with Crippen molar-refractivity contribution in [2.24, 2.45) is 0 Å². The van der Waals surface area contributed by atoms with Gasteiger partial charge in [0, 0.05) is 45.4 Å². The average molecular weight is 198 g/mol. The molecule has 3 heterocycles. The summed E-state index contributed by atoms with van der Waals surface area (Å²) in [7, 11) is 0. The topological polar surface area (TPSA) is 15.7 Å². The minimum atomic E-state index is 0.675. The Morgan fingerprint density at radius 3 is 2.57 bits per heavy atom. The predicted octanol–water partition coefficient (Wildman–Crippen LogP) is 0.803. The lowest BCUT2D eigenvalue weighted by molar-refractivity contribution is -0.0298. The lowest BCUT2D eigenvalue weighted by atomic mass is 10.1. The second-order valence-corrected chi connectivity index (χ2v) is 4.42. The number of piperazine rings is 3. The van der Waals surface area contributed by atoms with E-state index in [0.717, 1.165) is 13.2 Å². The van der Waals surface area contributed by atoms with E-state index in [1.165, 1.54) is 45.6 Å². The van der Waals surface area contributed by atoms with Crippen molar-refractivity contribution < 1.29 is 4.74 Å². The Morgan fingerprint density at radius 2 is 2.00 bits per heavy atom. The summed E-state index contributed by atoms with van der Waals surface area (Å²) in [4.78, 5) is 5.15. The molecule has 0 aromatic heterocycles. The molecule has 3 aliphatic rings. The molecule has 0 aromatic carbocycles. The van der Waals surface area contributed by atoms with Crippen molar-refractivity contribution in [1.29, 1.82) is 0 Å². The molecule has 3 saturated heterocycles. The monoisotopic (exact) mass is 198 g/mol. The summed E-state index contributed by atoms with van der Waals surface area (Å²) in [5.41, 5.74) is 0. The second kappa shape index (κ2) is 5.10. The van der Waals surface area contributed by atoms with E-state index in [1.807, 2.05) is 0 Å². The predicted molar refractivity (Wildman–Crippen MR) is 57.5 cm³/mol. The summed E-state index contributed by atoms with van der Waals surface area (Å²) in [5, 5.41) is 0. The molecule has 1 unspecified atom stereocenters. The van der Waals surface area contributed by atoms with Gasteiger partial charge < -0.3 is 4.74 Å². The van der Waals surface area contributed by atoms with E-state index in [9.17, 15) is 0 Å². The van der Waals surface area contributed by atoms with E-state index in [1.54, 1.807) is 0 Å². The molecule has 3 aliphatic heterocycles. The molecule has 0 saturated carbocycles. The van der Waals surface area contributed by atoms with Gasteiger partial charge in [0.05, 0.1) is 6.61 Å². The fourth-order valence-electron chi connectivity index (χ4n) is 2.35. The molecule has 0 N–H and O–H groups in total. The Balaban J connectivity index is 1.66. The van der Waals surface area contributed by atoms with E-state index >= 15 is 0 Å². The highest BCUT2D eigenvalue weighted by Crippen LogP contribution is 2.15. The van der Waals surface area contributed by atoms with Gasteiger partial charge in [-0.2, -0.15) is 0 Å². The van der Waals surface area contributed by atoms with E-state index in [-0.39, 0.29) is 0 Å². The van der Waals surface area contributed by atoms with Crippen LogP contribution in [-0.4, -0.2) is 61.8 Å². The van der Waals surface area contributed by atoms with Crippen LogP contribution in [0.15, 0.2) is 0 Å². The van der Waals surface area contributed by atoms with Crippen LogP contribution in [0.1, 0.15) is 19.8 Å². The van der Waals surface area contributed by atoms with Gasteiger partial charge in [-0.3, -0.25) is 9.80 Å². The number of rotatable bonds is 5. The summed E-state index contributed by atoms with van der Waals surface area (Å²) in [6.45, 7) is 10.4. The van der Waals surface area contributed by atoms with Crippen molar-refractivity contribution in [3.63, 3.8) is 0 Å². The van der Waals surface area contributed by atoms with Crippen molar-refractivity contribution in [2.45, 2.75) is 25.8 Å². The van der Waals surface area contributed by atoms with E-state index in [0.29, 0.717) is 6.04 Å². The molecule has 14 heavy (non-hydrogen) atoms. The maximum absolute atomic E-state index is 5.70. The maximum Gasteiger partial charge on any atom is 0.0634 e. The molecule has 3 heteroatoms. The Labute approximate surface area is 87.0 Å². The molecule has 0 radical (unpaired) electrons. The molecule has 0 aliphatic carbocycles. The fraction of sp³-hybridized carbons (Fsp3) is 1.00. The minimum absolute atomic E-state index is 0.675. The lowest BCUT2D eigenvalue weighted by Crippen LogP contribution is -2.62. The molecule has 0 amide bonds. The lowest BCUT2D eigenvalue weighted by Gasteiger charge is -2.47. The molecule has 2 bridgehead atoms. The van der Waals surface area contributed by atoms with Gasteiger partial charge in [0.1, 0.15) is 0 Å². The average Bonchev–Trinajstić information content (AvgIpc) is 2.26. The summed E-state index contributed by atoms with van der Waals surface area (Å²) in [5.74, 6) is 0. The molecule has 0 aromatic rings. The van der Waals surface area contributed by atoms with Gasteiger partial charge in [0.15, 0.2) is 0 Å². The van der Waals surface area contributed by atoms with Crippen LogP contribution >= 0.6 is 0 Å². The number of fused-ring (bicyclic) bond motifs is 3. The third kappa shape index (κ3) is 2.47. The van der Waals surface area contributed by atoms with Gasteiger partial charge in [-0.05, 0) is 6.42 Å². The normalized spacial score (nSPS) is 36.2. The van der Waals surface area contributed by atoms with Crippen LogP contribution in [0.2, 0.25) is 0 Å². The standard InChI is InChI=1S/C11H22N2O/c1-2-3-8-14-10-11-9-12-4-6-13(11)7-5-12/h11H,2-10H2,1H3. The van der Waals surface area contributed by atoms with Crippen molar-refractivity contribution in [3.8, 4) is 0 Å². The first kappa shape index (κ1) is 10.4. The highest BCUT2D eigenvalue weighted by atomic mass is 16.5. The van der Waals surface area contributed by atoms with Crippen LogP contribution in [0.5, 0.6) is 0 Å². The minimum Gasteiger partial charge on any atom is -0.380 e. The summed E-state index contributed by atoms with van der Waals surface area (Å²) in [6, 6.07) is 0.675. The molecule has 3 rings (SSSR count). The van der Waals surface area contributed by atoms with E-state index in [4.69, 9.17) is 4.74 Å². The Hall–Kier alpha value is -0.120. The largest absolute Gasteiger partial charge is 0.380 e. The van der Waals surface area contributed by atoms with Gasteiger partial charge in [-0.1, -0.05) is 13.3 Å². The van der Waals surface area contributed by atoms with E-state index in [2.05, 4.69) is 16.7 Å². The van der Waals surface area contributed by atoms with Crippen LogP contribution in [0, 0.1) is 0 Å². The molecule has 3 fully saturated rings. The Bertz CT molecular complexity index is 167. The van der Waals surface area contributed by atoms with Gasteiger partial charge in [0.25, 0.3) is 0 Å². The molecular formula is C11H22N2O. The van der Waals surface area contributed by atoms with Crippen LogP contribution < -0.4 is 0 Å². The van der Waals surface area contributed by atoms with Crippen LogP contribution in [0.25, 0.3) is 0 Å². The maximum atomic E-state index is 5.70. The number of unbranched alkanes of at least 4 members (excludes halogenated alkanes) is 1. The molecular weight excluding hydrogens is 176 g/mol. The van der Waals surface area contributed by atoms with Crippen LogP contribution in [0.4, 0.5) is 0 Å². The second-order valence-electron chi connectivity index (χ2n) is 4.42. The Morgan fingerprint density at radius 1 is 1.21 bits per heavy atom. The molecule has 82 valence electrons. The first-order chi connectivity index (χ1) is 6.90. The van der Waals surface area contributed by atoms with Crippen molar-refractivity contribution in [3.05, 3.63) is 0 Å². The molecule has 0 spiro atoms. The third-order valence-electron chi connectivity index (χ3n) is 3.34. The van der Waals surface area contributed by atoms with Crippen molar-refractivity contribution >= 4 is 0 Å². The van der Waals surface area contributed by atoms with Gasteiger partial charge in [0.2, 0.25) is 0 Å². The Kier molecular flexibility index (Phi) is 3.79.